The second-order valence-corrected chi connectivity index (χ2v) is 7.41. The monoisotopic (exact) mass is 474 g/mol. The van der Waals surface area contributed by atoms with E-state index in [0.717, 1.165) is 0 Å². The van der Waals surface area contributed by atoms with Gasteiger partial charge < -0.3 is 49.1 Å². The van der Waals surface area contributed by atoms with Gasteiger partial charge in [0.05, 0.1) is 6.10 Å². The number of aliphatic carboxylic acids is 1. The number of hydrogen-bond acceptors (Lipinski definition) is 8. The summed E-state index contributed by atoms with van der Waals surface area (Å²) in [5, 5.41) is 25.5. The quantitative estimate of drug-likeness (QED) is 0.0623. The lowest BCUT2D eigenvalue weighted by molar-refractivity contribution is -0.142. The number of hydrogen-bond donors (Lipinski definition) is 9. The predicted octanol–water partition coefficient (Wildman–Crippen LogP) is -4.43. The first-order valence-electron chi connectivity index (χ1n) is 10.2. The zero-order valence-corrected chi connectivity index (χ0v) is 18.6. The number of nitrogens with zero attached hydrogens (tertiary/aromatic N) is 1. The number of carbonyl (C=O) groups excluding carboxylic acids is 4. The van der Waals surface area contributed by atoms with E-state index in [9.17, 15) is 29.1 Å². The fourth-order valence-electron chi connectivity index (χ4n) is 2.46. The molecule has 33 heavy (non-hydrogen) atoms. The molecule has 0 aliphatic heterocycles. The zero-order chi connectivity index (χ0) is 25.7. The molecule has 0 saturated carbocycles. The van der Waals surface area contributed by atoms with E-state index in [1.165, 1.54) is 13.8 Å². The van der Waals surface area contributed by atoms with Gasteiger partial charge in [0.2, 0.25) is 23.6 Å². The van der Waals surface area contributed by atoms with Gasteiger partial charge in [0, 0.05) is 13.0 Å². The molecule has 0 radical (unpaired) electrons. The largest absolute Gasteiger partial charge is 0.480 e. The third kappa shape index (κ3) is 12.2. The van der Waals surface area contributed by atoms with E-state index in [0.29, 0.717) is 0 Å². The molecular weight excluding hydrogens is 440 g/mol. The van der Waals surface area contributed by atoms with Gasteiger partial charge in [-0.3, -0.25) is 29.0 Å². The summed E-state index contributed by atoms with van der Waals surface area (Å²) < 4.78 is 0. The Hall–Kier alpha value is -3.46. The first kappa shape index (κ1) is 29.5. The van der Waals surface area contributed by atoms with Gasteiger partial charge in [0.1, 0.15) is 24.2 Å². The van der Waals surface area contributed by atoms with E-state index in [4.69, 9.17) is 28.0 Å². The summed E-state index contributed by atoms with van der Waals surface area (Å²) in [6.45, 7) is 2.66. The maximum absolute atomic E-state index is 12.9. The van der Waals surface area contributed by atoms with E-state index in [2.05, 4.69) is 20.9 Å². The van der Waals surface area contributed by atoms with Crippen LogP contribution in [0.3, 0.4) is 0 Å². The molecule has 0 heterocycles. The van der Waals surface area contributed by atoms with Crippen LogP contribution in [0.2, 0.25) is 0 Å². The molecule has 5 unspecified atom stereocenters. The topological polar surface area (TPSA) is 278 Å². The molecule has 5 atom stereocenters. The number of amides is 4. The molecule has 0 fully saturated rings. The molecule has 188 valence electrons. The number of rotatable bonds is 15. The van der Waals surface area contributed by atoms with Gasteiger partial charge in [-0.25, -0.2) is 0 Å². The number of aliphatic hydroxyl groups is 1. The van der Waals surface area contributed by atoms with Gasteiger partial charge in [0.25, 0.3) is 0 Å². The number of nitrogens with two attached hydrogens (primary N) is 4. The minimum absolute atomic E-state index is 0.0383. The molecule has 0 aromatic heterocycles. The molecule has 4 amide bonds. The van der Waals surface area contributed by atoms with E-state index in [-0.39, 0.29) is 38.2 Å². The fourth-order valence-corrected chi connectivity index (χ4v) is 2.46. The number of primary amides is 1. The van der Waals surface area contributed by atoms with Crippen molar-refractivity contribution in [2.24, 2.45) is 27.9 Å². The van der Waals surface area contributed by atoms with Crippen molar-refractivity contribution in [2.45, 2.75) is 69.8 Å². The molecule has 13 N–H and O–H groups in total. The molecule has 0 spiro atoms. The maximum atomic E-state index is 12.9. The Morgan fingerprint density at radius 1 is 0.879 bits per heavy atom. The Labute approximate surface area is 190 Å². The standard InChI is InChI=1S/C18H34N8O7/c1-8(17(32)33)24-14(29)11(5-6-12(19)28)25-15(30)10(4-3-7-23-18(21)22)26-16(31)13(20)9(2)27/h8-11,13,27H,3-7,20H2,1-2H3,(H2,19,28)(H,24,29)(H,25,30)(H,26,31)(H,32,33)(H4,21,22,23). The summed E-state index contributed by atoms with van der Waals surface area (Å²) in [5.74, 6) is -4.68. The van der Waals surface area contributed by atoms with E-state index in [1.54, 1.807) is 0 Å². The second-order valence-electron chi connectivity index (χ2n) is 7.41. The summed E-state index contributed by atoms with van der Waals surface area (Å²) in [6, 6.07) is -5.08. The van der Waals surface area contributed by atoms with Crippen LogP contribution in [0.1, 0.15) is 39.5 Å². The van der Waals surface area contributed by atoms with Crippen molar-refractivity contribution in [3.05, 3.63) is 0 Å². The van der Waals surface area contributed by atoms with Crippen molar-refractivity contribution >= 4 is 35.6 Å². The van der Waals surface area contributed by atoms with Crippen LogP contribution in [0.5, 0.6) is 0 Å². The van der Waals surface area contributed by atoms with Crippen molar-refractivity contribution in [1.82, 2.24) is 16.0 Å². The summed E-state index contributed by atoms with van der Waals surface area (Å²) in [5.41, 5.74) is 21.2. The molecule has 0 rings (SSSR count). The lowest BCUT2D eigenvalue weighted by Gasteiger charge is -2.25. The molecule has 0 aliphatic rings. The van der Waals surface area contributed by atoms with Crippen LogP contribution in [0.15, 0.2) is 4.99 Å². The molecule has 0 saturated heterocycles. The molecule has 0 aliphatic carbocycles. The lowest BCUT2D eigenvalue weighted by atomic mass is 10.1. The van der Waals surface area contributed by atoms with Crippen LogP contribution in [0.4, 0.5) is 0 Å². The average molecular weight is 475 g/mol. The molecular formula is C18H34N8O7. The van der Waals surface area contributed by atoms with Crippen molar-refractivity contribution in [3.63, 3.8) is 0 Å². The molecule has 0 aromatic carbocycles. The number of carbonyl (C=O) groups is 5. The lowest BCUT2D eigenvalue weighted by Crippen LogP contribution is -2.58. The Morgan fingerprint density at radius 2 is 1.39 bits per heavy atom. The van der Waals surface area contributed by atoms with Crippen molar-refractivity contribution < 1.29 is 34.2 Å². The van der Waals surface area contributed by atoms with Crippen molar-refractivity contribution in [3.8, 4) is 0 Å². The highest BCUT2D eigenvalue weighted by atomic mass is 16.4. The van der Waals surface area contributed by atoms with Gasteiger partial charge in [-0.2, -0.15) is 0 Å². The van der Waals surface area contributed by atoms with E-state index >= 15 is 0 Å². The van der Waals surface area contributed by atoms with E-state index < -0.39 is 59.9 Å². The molecule has 15 heteroatoms. The van der Waals surface area contributed by atoms with Gasteiger partial charge in [-0.05, 0) is 33.1 Å². The average Bonchev–Trinajstić information content (AvgIpc) is 2.71. The Balaban J connectivity index is 5.51. The summed E-state index contributed by atoms with van der Waals surface area (Å²) in [7, 11) is 0. The zero-order valence-electron chi connectivity index (χ0n) is 18.6. The summed E-state index contributed by atoms with van der Waals surface area (Å²) in [4.78, 5) is 63.5. The number of carboxylic acid groups (broad SMARTS) is 1. The van der Waals surface area contributed by atoms with Gasteiger partial charge in [0.15, 0.2) is 5.96 Å². The number of aliphatic hydroxyl groups excluding tert-OH is 1. The highest BCUT2D eigenvalue weighted by Crippen LogP contribution is 2.04. The third-order valence-electron chi connectivity index (χ3n) is 4.44. The number of nitrogens with one attached hydrogen (secondary N) is 3. The minimum Gasteiger partial charge on any atom is -0.480 e. The second kappa shape index (κ2) is 14.6. The van der Waals surface area contributed by atoms with Crippen LogP contribution in [-0.4, -0.2) is 82.6 Å². The SMILES string of the molecule is CC(NC(=O)C(CCC(N)=O)NC(=O)C(CCCN=C(N)N)NC(=O)C(N)C(C)O)C(=O)O. The number of guanidine groups is 1. The molecule has 0 aromatic rings. The fraction of sp³-hybridized carbons (Fsp3) is 0.667. The molecule has 15 nitrogen and oxygen atoms in total. The van der Waals surface area contributed by atoms with Gasteiger partial charge in [-0.1, -0.05) is 0 Å². The maximum Gasteiger partial charge on any atom is 0.325 e. The van der Waals surface area contributed by atoms with Gasteiger partial charge >= 0.3 is 5.97 Å². The Kier molecular flexibility index (Phi) is 13.0. The first-order valence-corrected chi connectivity index (χ1v) is 10.2. The highest BCUT2D eigenvalue weighted by molar-refractivity contribution is 5.94. The number of aliphatic imine (C=N–C) groups is 1. The van der Waals surface area contributed by atoms with Crippen LogP contribution < -0.4 is 38.9 Å². The first-order chi connectivity index (χ1) is 15.3. The Bertz CT molecular complexity index is 739. The van der Waals surface area contributed by atoms with Crippen molar-refractivity contribution in [2.75, 3.05) is 6.54 Å². The number of carboxylic acids is 1. The van der Waals surface area contributed by atoms with Crippen molar-refractivity contribution in [1.29, 1.82) is 0 Å². The van der Waals surface area contributed by atoms with Crippen LogP contribution >= 0.6 is 0 Å². The minimum atomic E-state index is -1.32. The smallest absolute Gasteiger partial charge is 0.325 e. The summed E-state index contributed by atoms with van der Waals surface area (Å²) >= 11 is 0. The summed E-state index contributed by atoms with van der Waals surface area (Å²) in [6.07, 6.45) is -1.37. The van der Waals surface area contributed by atoms with E-state index in [1.807, 2.05) is 0 Å². The van der Waals surface area contributed by atoms with Gasteiger partial charge in [-0.15, -0.1) is 0 Å². The van der Waals surface area contributed by atoms with Crippen LogP contribution in [0, 0.1) is 0 Å². The van der Waals surface area contributed by atoms with Crippen LogP contribution in [0.25, 0.3) is 0 Å². The Morgan fingerprint density at radius 3 is 1.88 bits per heavy atom. The predicted molar refractivity (Wildman–Crippen MR) is 117 cm³/mol. The highest BCUT2D eigenvalue weighted by Gasteiger charge is 2.30. The molecule has 0 bridgehead atoms. The normalized spacial score (nSPS) is 15.2. The van der Waals surface area contributed by atoms with Crippen LogP contribution in [-0.2, 0) is 24.0 Å². The third-order valence-corrected chi connectivity index (χ3v) is 4.44.